The van der Waals surface area contributed by atoms with Gasteiger partial charge in [0.2, 0.25) is 0 Å². The number of nitrogens with zero attached hydrogens (tertiary/aromatic N) is 4. The van der Waals surface area contributed by atoms with Gasteiger partial charge in [-0.1, -0.05) is 24.3 Å². The van der Waals surface area contributed by atoms with Crippen LogP contribution in [-0.2, 0) is 29.8 Å². The second kappa shape index (κ2) is 16.9. The molecule has 304 valence electrons. The van der Waals surface area contributed by atoms with E-state index in [9.17, 15) is 50.5 Å². The lowest BCUT2D eigenvalue weighted by atomic mass is 10.1. The van der Waals surface area contributed by atoms with Gasteiger partial charge < -0.3 is 40.2 Å². The number of aromatic hydroxyl groups is 2. The van der Waals surface area contributed by atoms with Crippen molar-refractivity contribution >= 4 is 106 Å². The molecule has 6 rings (SSSR count). The van der Waals surface area contributed by atoms with Gasteiger partial charge in [0, 0.05) is 34.3 Å². The van der Waals surface area contributed by atoms with E-state index in [1.807, 2.05) is 0 Å². The number of urea groups is 1. The highest BCUT2D eigenvalue weighted by Gasteiger charge is 2.20. The fourth-order valence-electron chi connectivity index (χ4n) is 5.58. The lowest BCUT2D eigenvalue weighted by molar-refractivity contribution is -0.132. The minimum absolute atomic E-state index is 0.0126. The Bertz CT molecular complexity index is 2870. The summed E-state index contributed by atoms with van der Waals surface area (Å²) in [6.45, 7) is 0. The number of hydrogen-bond donors (Lipinski definition) is 6. The number of rotatable bonds is 12. The topological polar surface area (TPSA) is 320 Å². The predicted molar refractivity (Wildman–Crippen MR) is 214 cm³/mol. The fraction of sp³-hybridized carbons (Fsp3) is 0. The Morgan fingerprint density at radius 1 is 0.533 bits per heavy atom. The smallest absolute Gasteiger partial charge is 0.328 e. The van der Waals surface area contributed by atoms with Crippen molar-refractivity contribution in [2.45, 2.75) is 9.79 Å². The van der Waals surface area contributed by atoms with Gasteiger partial charge in [0.1, 0.15) is 31.6 Å². The molecule has 6 aromatic rings. The highest BCUT2D eigenvalue weighted by Crippen LogP contribution is 2.43. The molecule has 0 aliphatic carbocycles. The number of phenolic OH excluding ortho intramolecular Hbond substituents is 2. The molecule has 0 saturated heterocycles. The van der Waals surface area contributed by atoms with Crippen LogP contribution in [0.2, 0.25) is 0 Å². The van der Waals surface area contributed by atoms with E-state index in [0.29, 0.717) is 11.1 Å². The van der Waals surface area contributed by atoms with Gasteiger partial charge in [-0.15, -0.1) is 10.2 Å². The summed E-state index contributed by atoms with van der Waals surface area (Å²) in [5, 5.41) is 60.1. The Morgan fingerprint density at radius 2 is 0.900 bits per heavy atom. The van der Waals surface area contributed by atoms with Crippen molar-refractivity contribution in [1.82, 2.24) is 0 Å². The molecule has 0 saturated carbocycles. The molecule has 0 aliphatic heterocycles. The molecule has 0 bridgehead atoms. The molecule has 0 aromatic heterocycles. The molecule has 21 heteroatoms. The first-order valence-electron chi connectivity index (χ1n) is 16.8. The van der Waals surface area contributed by atoms with E-state index in [4.69, 9.17) is 10.2 Å². The zero-order valence-corrected chi connectivity index (χ0v) is 31.7. The van der Waals surface area contributed by atoms with Crippen molar-refractivity contribution in [3.8, 4) is 11.5 Å². The molecule has 0 aliphatic rings. The molecule has 60 heavy (non-hydrogen) atoms. The maximum absolute atomic E-state index is 13.0. The van der Waals surface area contributed by atoms with Crippen molar-refractivity contribution in [3.63, 3.8) is 0 Å². The van der Waals surface area contributed by atoms with Crippen molar-refractivity contribution in [3.05, 3.63) is 120 Å². The maximum atomic E-state index is 13.0. The van der Waals surface area contributed by atoms with Gasteiger partial charge in [0.15, 0.2) is 11.5 Å². The number of amides is 2. The monoisotopic (exact) mass is 850 g/mol. The summed E-state index contributed by atoms with van der Waals surface area (Å²) >= 11 is 0. The Hall–Kier alpha value is -7.85. The summed E-state index contributed by atoms with van der Waals surface area (Å²) in [4.78, 5) is 32.7. The Balaban J connectivity index is 1.23. The van der Waals surface area contributed by atoms with Crippen molar-refractivity contribution in [2.75, 3.05) is 10.6 Å². The normalized spacial score (nSPS) is 12.3. The minimum atomic E-state index is -5.24. The van der Waals surface area contributed by atoms with Crippen LogP contribution in [0.5, 0.6) is 11.5 Å². The van der Waals surface area contributed by atoms with E-state index in [1.54, 1.807) is 0 Å². The summed E-state index contributed by atoms with van der Waals surface area (Å²) in [6.07, 6.45) is 4.51. The standard InChI is InChI=1S/C39H28N6O13S2/c46-33(47)15-5-21-1-7-25(8-2-21)42-44-35-31(59(53,54)55)19-23-17-27(11-13-29(23)37(35)50)40-39(52)41-28-12-14-30-24(18-28)20-32(60(56,57)58)36(38(30)51)45-43-26-9-3-22(4-10-26)6-16-34(48)49/h1-20,50-51H,(H,46,47)(H,48,49)(H2,40,41,52)(H,53,54,55)(H,56,57,58)/p-2/b15-5+,16-6+,44-42?,45-43?. The molecule has 6 aromatic carbocycles. The molecular formula is C39H26N6O13S2-2. The van der Waals surface area contributed by atoms with Crippen LogP contribution in [0.3, 0.4) is 0 Å². The van der Waals surface area contributed by atoms with E-state index in [0.717, 1.165) is 24.3 Å². The Kier molecular flexibility index (Phi) is 11.8. The first-order chi connectivity index (χ1) is 28.3. The molecule has 19 nitrogen and oxygen atoms in total. The first kappa shape index (κ1) is 41.8. The quantitative estimate of drug-likeness (QED) is 0.0388. The van der Waals surface area contributed by atoms with Gasteiger partial charge in [0.25, 0.3) is 0 Å². The van der Waals surface area contributed by atoms with Crippen LogP contribution in [0.1, 0.15) is 11.1 Å². The van der Waals surface area contributed by atoms with Crippen molar-refractivity contribution in [2.24, 2.45) is 20.5 Å². The summed E-state index contributed by atoms with van der Waals surface area (Å²) in [5.41, 5.74) is 0.247. The third kappa shape index (κ3) is 9.99. The molecule has 0 heterocycles. The summed E-state index contributed by atoms with van der Waals surface area (Å²) in [7, 11) is -10.5. The van der Waals surface area contributed by atoms with Gasteiger partial charge in [-0.05, 0) is 107 Å². The van der Waals surface area contributed by atoms with Crippen LogP contribution < -0.4 is 10.6 Å². The molecule has 0 atom stereocenters. The van der Waals surface area contributed by atoms with E-state index >= 15 is 0 Å². The van der Waals surface area contributed by atoms with Crippen LogP contribution >= 0.6 is 0 Å². The van der Waals surface area contributed by atoms with Crippen LogP contribution in [0.25, 0.3) is 33.7 Å². The molecule has 0 spiro atoms. The number of benzene rings is 6. The van der Waals surface area contributed by atoms with Gasteiger partial charge in [-0.25, -0.2) is 31.2 Å². The Morgan fingerprint density at radius 3 is 1.23 bits per heavy atom. The SMILES string of the molecule is O=C(O)/C=C/c1ccc(N=Nc2c(S(=O)(=O)[O-])cc3cc(NC(=O)Nc4ccc5c(O)c(N=Nc6ccc(/C=C/C(=O)O)cc6)c(S(=O)(=O)[O-])cc5c4)ccc3c2O)cc1. The number of anilines is 2. The van der Waals surface area contributed by atoms with Crippen molar-refractivity contribution in [1.29, 1.82) is 0 Å². The number of azo groups is 2. The first-order valence-corrected chi connectivity index (χ1v) is 19.6. The van der Waals surface area contributed by atoms with E-state index < -0.39 is 70.9 Å². The van der Waals surface area contributed by atoms with Crippen LogP contribution in [0.15, 0.2) is 139 Å². The number of carboxylic acid groups (broad SMARTS) is 2. The van der Waals surface area contributed by atoms with Crippen molar-refractivity contribution < 1.29 is 60.8 Å². The number of hydrogen-bond acceptors (Lipinski definition) is 15. The second-order valence-electron chi connectivity index (χ2n) is 12.4. The van der Waals surface area contributed by atoms with Crippen LogP contribution in [-0.4, -0.2) is 64.3 Å². The molecule has 0 radical (unpaired) electrons. The van der Waals surface area contributed by atoms with Gasteiger partial charge in [-0.2, -0.15) is 10.2 Å². The molecule has 6 N–H and O–H groups in total. The number of carboxylic acids is 2. The molecule has 2 amide bonds. The number of fused-ring (bicyclic) bond motifs is 2. The number of nitrogens with one attached hydrogen (secondary N) is 2. The Labute approximate surface area is 338 Å². The highest BCUT2D eigenvalue weighted by molar-refractivity contribution is 7.86. The number of phenols is 2. The third-order valence-electron chi connectivity index (χ3n) is 8.31. The minimum Gasteiger partial charge on any atom is -0.744 e. The van der Waals surface area contributed by atoms with E-state index in [2.05, 4.69) is 31.1 Å². The predicted octanol–water partition coefficient (Wildman–Crippen LogP) is 7.88. The molecular weight excluding hydrogens is 825 g/mol. The van der Waals surface area contributed by atoms with Gasteiger partial charge in [-0.3, -0.25) is 0 Å². The fourth-order valence-corrected chi connectivity index (χ4v) is 6.87. The number of aliphatic carboxylic acids is 2. The van der Waals surface area contributed by atoms with Crippen LogP contribution in [0, 0.1) is 0 Å². The molecule has 0 fully saturated rings. The average Bonchev–Trinajstić information content (AvgIpc) is 3.18. The third-order valence-corrected chi connectivity index (χ3v) is 10.0. The van der Waals surface area contributed by atoms with E-state index in [-0.39, 0.29) is 44.3 Å². The summed E-state index contributed by atoms with van der Waals surface area (Å²) in [6, 6.07) is 20.7. The second-order valence-corrected chi connectivity index (χ2v) is 15.1. The van der Waals surface area contributed by atoms with Gasteiger partial charge >= 0.3 is 18.0 Å². The molecule has 0 unspecified atom stereocenters. The average molecular weight is 851 g/mol. The lowest BCUT2D eigenvalue weighted by Gasteiger charge is -2.15. The highest BCUT2D eigenvalue weighted by atomic mass is 32.2. The lowest BCUT2D eigenvalue weighted by Crippen LogP contribution is -2.19. The number of carbonyl (C=O) groups excluding carboxylic acids is 1. The largest absolute Gasteiger partial charge is 0.744 e. The summed E-state index contributed by atoms with van der Waals surface area (Å²) < 4.78 is 73.5. The zero-order chi connectivity index (χ0) is 43.4. The zero-order valence-electron chi connectivity index (χ0n) is 30.1. The number of carbonyl (C=O) groups is 3. The maximum Gasteiger partial charge on any atom is 0.328 e. The van der Waals surface area contributed by atoms with Gasteiger partial charge in [0.05, 0.1) is 21.2 Å². The van der Waals surface area contributed by atoms with Crippen LogP contribution in [0.4, 0.5) is 38.9 Å². The van der Waals surface area contributed by atoms with E-state index in [1.165, 1.54) is 97.1 Å². The summed E-state index contributed by atoms with van der Waals surface area (Å²) in [5.74, 6) is -3.71.